The first-order valence-electron chi connectivity index (χ1n) is 6.73. The van der Waals surface area contributed by atoms with Crippen molar-refractivity contribution in [2.45, 2.75) is 67.0 Å². The average molecular weight is 247 g/mol. The number of benzene rings is 1. The maximum atomic E-state index is 6.10. The zero-order chi connectivity index (χ0) is 13.8. The summed E-state index contributed by atoms with van der Waals surface area (Å²) >= 11 is 0. The molecule has 18 heavy (non-hydrogen) atoms. The normalized spacial score (nSPS) is 19.3. The molecular formula is C16H25NO. The maximum absolute atomic E-state index is 6.10. The van der Waals surface area contributed by atoms with Gasteiger partial charge >= 0.3 is 0 Å². The highest BCUT2D eigenvalue weighted by Gasteiger charge is 2.37. The van der Waals surface area contributed by atoms with Gasteiger partial charge in [-0.15, -0.1) is 0 Å². The second kappa shape index (κ2) is 3.99. The molecule has 0 saturated carbocycles. The van der Waals surface area contributed by atoms with Crippen molar-refractivity contribution in [3.63, 3.8) is 0 Å². The number of rotatable bonds is 0. The summed E-state index contributed by atoms with van der Waals surface area (Å²) < 4.78 is 0. The van der Waals surface area contributed by atoms with Crippen molar-refractivity contribution >= 4 is 5.69 Å². The summed E-state index contributed by atoms with van der Waals surface area (Å²) in [6.07, 6.45) is 0.150. The summed E-state index contributed by atoms with van der Waals surface area (Å²) in [6.45, 7) is 17.6. The van der Waals surface area contributed by atoms with E-state index in [0.29, 0.717) is 0 Å². The van der Waals surface area contributed by atoms with E-state index in [1.54, 1.807) is 0 Å². The third-order valence-electron chi connectivity index (χ3n) is 4.18. The lowest BCUT2D eigenvalue weighted by molar-refractivity contribution is 0.0323. The average Bonchev–Trinajstić information content (AvgIpc) is 2.61. The molecule has 1 aliphatic heterocycles. The fraction of sp³-hybridized carbons (Fsp3) is 0.625. The zero-order valence-corrected chi connectivity index (χ0v) is 12.9. The van der Waals surface area contributed by atoms with Gasteiger partial charge in [-0.1, -0.05) is 0 Å². The summed E-state index contributed by atoms with van der Waals surface area (Å²) in [6, 6.07) is 0. The van der Waals surface area contributed by atoms with Crippen molar-refractivity contribution in [1.29, 1.82) is 0 Å². The summed E-state index contributed by atoms with van der Waals surface area (Å²) in [5.41, 5.74) is 8.16. The predicted octanol–water partition coefficient (Wildman–Crippen LogP) is 4.53. The summed E-state index contributed by atoms with van der Waals surface area (Å²) in [4.78, 5) is 6.10. The van der Waals surface area contributed by atoms with Crippen LogP contribution in [-0.4, -0.2) is 5.54 Å². The van der Waals surface area contributed by atoms with Crippen LogP contribution < -0.4 is 5.06 Å². The van der Waals surface area contributed by atoms with Gasteiger partial charge in [0.2, 0.25) is 0 Å². The Morgan fingerprint density at radius 1 is 0.889 bits per heavy atom. The van der Waals surface area contributed by atoms with Crippen LogP contribution in [0, 0.1) is 27.7 Å². The molecule has 1 unspecified atom stereocenters. The van der Waals surface area contributed by atoms with Gasteiger partial charge in [0.25, 0.3) is 0 Å². The smallest absolute Gasteiger partial charge is 0.110 e. The maximum Gasteiger partial charge on any atom is 0.110 e. The Morgan fingerprint density at radius 2 is 1.39 bits per heavy atom. The minimum Gasteiger partial charge on any atom is -0.265 e. The Kier molecular flexibility index (Phi) is 2.97. The minimum atomic E-state index is -0.0155. The first kappa shape index (κ1) is 13.4. The molecule has 0 saturated heterocycles. The van der Waals surface area contributed by atoms with E-state index in [1.807, 2.05) is 0 Å². The Bertz CT molecular complexity index is 497. The van der Waals surface area contributed by atoms with E-state index in [4.69, 9.17) is 4.84 Å². The number of anilines is 1. The molecule has 2 heteroatoms. The highest BCUT2D eigenvalue weighted by Crippen LogP contribution is 2.46. The van der Waals surface area contributed by atoms with E-state index >= 15 is 0 Å². The van der Waals surface area contributed by atoms with Crippen LogP contribution in [0.2, 0.25) is 0 Å². The van der Waals surface area contributed by atoms with Crippen LogP contribution in [0.4, 0.5) is 5.69 Å². The van der Waals surface area contributed by atoms with E-state index in [-0.39, 0.29) is 11.6 Å². The van der Waals surface area contributed by atoms with E-state index in [0.717, 1.165) is 0 Å². The van der Waals surface area contributed by atoms with Crippen LogP contribution in [0.3, 0.4) is 0 Å². The minimum absolute atomic E-state index is 0.0155. The quantitative estimate of drug-likeness (QED) is 0.667. The van der Waals surface area contributed by atoms with Gasteiger partial charge in [-0.05, 0) is 77.6 Å². The molecule has 1 aliphatic rings. The van der Waals surface area contributed by atoms with Gasteiger partial charge < -0.3 is 0 Å². The monoisotopic (exact) mass is 247 g/mol. The summed E-state index contributed by atoms with van der Waals surface area (Å²) in [7, 11) is 0. The van der Waals surface area contributed by atoms with Gasteiger partial charge in [0.1, 0.15) is 6.10 Å². The molecule has 2 rings (SSSR count). The zero-order valence-electron chi connectivity index (χ0n) is 12.9. The molecule has 1 heterocycles. The van der Waals surface area contributed by atoms with E-state index in [2.05, 4.69) is 60.5 Å². The molecule has 0 aliphatic carbocycles. The first-order chi connectivity index (χ1) is 8.16. The van der Waals surface area contributed by atoms with E-state index in [1.165, 1.54) is 33.5 Å². The molecule has 0 amide bonds. The molecule has 0 N–H and O–H groups in total. The van der Waals surface area contributed by atoms with Crippen molar-refractivity contribution < 1.29 is 4.84 Å². The van der Waals surface area contributed by atoms with E-state index in [9.17, 15) is 0 Å². The fourth-order valence-corrected chi connectivity index (χ4v) is 2.84. The van der Waals surface area contributed by atoms with Gasteiger partial charge in [-0.2, -0.15) is 0 Å². The Morgan fingerprint density at radius 3 is 1.89 bits per heavy atom. The third kappa shape index (κ3) is 1.74. The molecule has 2 nitrogen and oxygen atoms in total. The van der Waals surface area contributed by atoms with Crippen LogP contribution >= 0.6 is 0 Å². The molecule has 1 aromatic carbocycles. The lowest BCUT2D eigenvalue weighted by atomic mass is 9.90. The van der Waals surface area contributed by atoms with Crippen molar-refractivity contribution in [2.24, 2.45) is 0 Å². The van der Waals surface area contributed by atoms with Crippen LogP contribution in [0.25, 0.3) is 0 Å². The molecule has 1 atom stereocenters. The Balaban J connectivity index is 2.75. The van der Waals surface area contributed by atoms with Gasteiger partial charge in [0.15, 0.2) is 0 Å². The van der Waals surface area contributed by atoms with Crippen molar-refractivity contribution in [3.8, 4) is 0 Å². The molecule has 100 valence electrons. The lowest BCUT2D eigenvalue weighted by Gasteiger charge is -2.34. The molecule has 0 fully saturated rings. The van der Waals surface area contributed by atoms with Crippen molar-refractivity contribution in [2.75, 3.05) is 5.06 Å². The van der Waals surface area contributed by atoms with Crippen molar-refractivity contribution in [1.82, 2.24) is 0 Å². The molecule has 0 radical (unpaired) electrons. The largest absolute Gasteiger partial charge is 0.265 e. The molecule has 0 spiro atoms. The third-order valence-corrected chi connectivity index (χ3v) is 4.18. The predicted molar refractivity (Wildman–Crippen MR) is 77.1 cm³/mol. The van der Waals surface area contributed by atoms with Gasteiger partial charge in [-0.25, -0.2) is 5.06 Å². The SMILES string of the molecule is Cc1c(C)c(C)c2c(c1C)C(C)ON2C(C)(C)C. The van der Waals surface area contributed by atoms with Crippen molar-refractivity contribution in [3.05, 3.63) is 27.8 Å². The van der Waals surface area contributed by atoms with Gasteiger partial charge in [0, 0.05) is 5.56 Å². The Hall–Kier alpha value is -1.02. The standard InChI is InChI=1S/C16H25NO/c1-9-10(2)12(4)15-14(11(9)3)13(5)18-17(15)16(6,7)8/h13H,1-8H3. The van der Waals surface area contributed by atoms with Crippen LogP contribution in [0.5, 0.6) is 0 Å². The molecule has 0 aromatic heterocycles. The van der Waals surface area contributed by atoms with Gasteiger partial charge in [-0.3, -0.25) is 4.84 Å². The van der Waals surface area contributed by atoms with Crippen LogP contribution in [-0.2, 0) is 4.84 Å². The molecular weight excluding hydrogens is 222 g/mol. The first-order valence-corrected chi connectivity index (χ1v) is 6.73. The number of hydrogen-bond donors (Lipinski definition) is 0. The van der Waals surface area contributed by atoms with Crippen LogP contribution in [0.1, 0.15) is 61.6 Å². The highest BCUT2D eigenvalue weighted by molar-refractivity contribution is 5.69. The topological polar surface area (TPSA) is 12.5 Å². The number of hydrogen-bond acceptors (Lipinski definition) is 2. The van der Waals surface area contributed by atoms with Crippen LogP contribution in [0.15, 0.2) is 0 Å². The second-order valence-corrected chi connectivity index (χ2v) is 6.48. The van der Waals surface area contributed by atoms with E-state index < -0.39 is 0 Å². The number of nitrogens with zero attached hydrogens (tertiary/aromatic N) is 1. The molecule has 1 aromatic rings. The summed E-state index contributed by atoms with van der Waals surface area (Å²) in [5.74, 6) is 0. The summed E-state index contributed by atoms with van der Waals surface area (Å²) in [5, 5.41) is 2.10. The number of hydroxylamine groups is 1. The second-order valence-electron chi connectivity index (χ2n) is 6.48. The molecule has 0 bridgehead atoms. The highest BCUT2D eigenvalue weighted by atomic mass is 16.7. The fourth-order valence-electron chi connectivity index (χ4n) is 2.84. The number of fused-ring (bicyclic) bond motifs is 1. The lowest BCUT2D eigenvalue weighted by Crippen LogP contribution is -2.39. The van der Waals surface area contributed by atoms with Gasteiger partial charge in [0.05, 0.1) is 11.2 Å². The Labute approximate surface area is 111 Å².